The zero-order valence-corrected chi connectivity index (χ0v) is 25.0. The van der Waals surface area contributed by atoms with Crippen LogP contribution in [0.25, 0.3) is 15.6 Å². The number of hydrogen-bond acceptors (Lipinski definition) is 8. The summed E-state index contributed by atoms with van der Waals surface area (Å²) in [4.78, 5) is 34.8. The number of anilines is 2. The van der Waals surface area contributed by atoms with Gasteiger partial charge in [0.2, 0.25) is 12.5 Å². The van der Waals surface area contributed by atoms with Gasteiger partial charge in [-0.15, -0.1) is 0 Å². The zero-order chi connectivity index (χ0) is 29.9. The number of rotatable bonds is 8. The second-order valence-corrected chi connectivity index (χ2v) is 11.6. The number of piperazine rings is 1. The van der Waals surface area contributed by atoms with Crippen molar-refractivity contribution in [3.63, 3.8) is 0 Å². The van der Waals surface area contributed by atoms with Gasteiger partial charge in [0.1, 0.15) is 24.2 Å². The van der Waals surface area contributed by atoms with Crippen molar-refractivity contribution < 1.29 is 14.3 Å². The maximum absolute atomic E-state index is 12.6. The first-order chi connectivity index (χ1) is 21.0. The Morgan fingerprint density at radius 2 is 2.00 bits per heavy atom. The summed E-state index contributed by atoms with van der Waals surface area (Å²) in [5, 5.41) is 2.31. The molecule has 2 saturated heterocycles. The molecule has 0 spiro atoms. The number of fused-ring (bicyclic) bond motifs is 2. The van der Waals surface area contributed by atoms with E-state index in [1.807, 2.05) is 6.07 Å². The molecule has 0 unspecified atom stereocenters. The number of hydrogen-bond donors (Lipinski definition) is 0. The van der Waals surface area contributed by atoms with E-state index >= 15 is 0 Å². The average Bonchev–Trinajstić information content (AvgIpc) is 3.46. The predicted octanol–water partition coefficient (Wildman–Crippen LogP) is 3.80. The maximum Gasteiger partial charge on any atom is 0.318 e. The van der Waals surface area contributed by atoms with Crippen molar-refractivity contribution in [2.75, 3.05) is 69.8 Å². The molecule has 43 heavy (non-hydrogen) atoms. The van der Waals surface area contributed by atoms with Crippen LogP contribution in [0.1, 0.15) is 24.1 Å². The number of likely N-dealkylation sites (tertiary alicyclic amines) is 1. The lowest BCUT2D eigenvalue weighted by molar-refractivity contribution is -0.128. The molecular formula is C33H39N7O3. The minimum absolute atomic E-state index is 0.135. The van der Waals surface area contributed by atoms with Crippen LogP contribution in [0.2, 0.25) is 0 Å². The Kier molecular flexibility index (Phi) is 8.34. The highest BCUT2D eigenvalue weighted by Crippen LogP contribution is 2.37. The summed E-state index contributed by atoms with van der Waals surface area (Å²) in [6, 6.07) is 13.1. The fourth-order valence-corrected chi connectivity index (χ4v) is 6.64. The van der Waals surface area contributed by atoms with Crippen LogP contribution in [-0.4, -0.2) is 97.8 Å². The zero-order valence-electron chi connectivity index (χ0n) is 25.0. The second-order valence-electron chi connectivity index (χ2n) is 11.6. The molecule has 2 fully saturated rings. The van der Waals surface area contributed by atoms with Crippen molar-refractivity contribution >= 4 is 28.2 Å². The summed E-state index contributed by atoms with van der Waals surface area (Å²) < 4.78 is 12.0. The van der Waals surface area contributed by atoms with Gasteiger partial charge in [-0.2, -0.15) is 9.97 Å². The van der Waals surface area contributed by atoms with Crippen molar-refractivity contribution in [2.45, 2.75) is 37.9 Å². The molecular weight excluding hydrogens is 542 g/mol. The number of carbonyl (C=O) groups excluding carboxylic acids is 1. The molecule has 10 nitrogen and oxygen atoms in total. The third-order valence-corrected chi connectivity index (χ3v) is 9.03. The van der Waals surface area contributed by atoms with E-state index in [-0.39, 0.29) is 18.5 Å². The van der Waals surface area contributed by atoms with Crippen molar-refractivity contribution in [1.29, 1.82) is 0 Å². The highest BCUT2D eigenvalue weighted by atomic mass is 16.5. The van der Waals surface area contributed by atoms with Crippen molar-refractivity contribution in [3.05, 3.63) is 71.7 Å². The van der Waals surface area contributed by atoms with Crippen molar-refractivity contribution in [2.24, 2.45) is 0 Å². The van der Waals surface area contributed by atoms with Gasteiger partial charge in [0.05, 0.1) is 19.3 Å². The summed E-state index contributed by atoms with van der Waals surface area (Å²) in [6.07, 6.45) is 4.37. The van der Waals surface area contributed by atoms with Crippen LogP contribution in [0.5, 0.6) is 11.8 Å². The average molecular weight is 582 g/mol. The number of benzene rings is 2. The van der Waals surface area contributed by atoms with Gasteiger partial charge in [0, 0.05) is 54.9 Å². The van der Waals surface area contributed by atoms with Crippen LogP contribution >= 0.6 is 0 Å². The third kappa shape index (κ3) is 5.82. The number of methoxy groups -OCH3 is 1. The summed E-state index contributed by atoms with van der Waals surface area (Å²) in [7, 11) is 3.84. The quantitative estimate of drug-likeness (QED) is 0.294. The molecule has 0 radical (unpaired) electrons. The summed E-state index contributed by atoms with van der Waals surface area (Å²) in [6.45, 7) is 16.1. The lowest BCUT2D eigenvalue weighted by Crippen LogP contribution is -2.56. The molecule has 0 bridgehead atoms. The van der Waals surface area contributed by atoms with Gasteiger partial charge >= 0.3 is 6.01 Å². The standard InChI is InChI=1S/C33H39N7O3/c1-5-31(41)40-16-15-39(20-25(40)19-34-2)32-28-12-14-38(30-18-26(42-4)17-23-9-6-7-11-27(23)30)21-29(28)35-33(36-32)43-22-24-10-8-13-37(24)3/h5-7,9,11,17-18,24-25H,1,8,10,12-16,19-22H2,3-4H3/t24-,25-/m0/s1. The Hall–Kier alpha value is -4.36. The molecule has 2 aromatic carbocycles. The van der Waals surface area contributed by atoms with Gasteiger partial charge in [-0.3, -0.25) is 4.79 Å². The van der Waals surface area contributed by atoms with E-state index in [2.05, 4.69) is 63.5 Å². The van der Waals surface area contributed by atoms with Crippen molar-refractivity contribution in [1.82, 2.24) is 19.8 Å². The van der Waals surface area contributed by atoms with E-state index in [4.69, 9.17) is 26.0 Å². The van der Waals surface area contributed by atoms with Gasteiger partial charge in [0.25, 0.3) is 0 Å². The number of amides is 1. The van der Waals surface area contributed by atoms with Crippen molar-refractivity contribution in [3.8, 4) is 11.8 Å². The molecule has 3 aromatic rings. The van der Waals surface area contributed by atoms with Crippen LogP contribution in [0.15, 0.2) is 49.1 Å². The Morgan fingerprint density at radius 3 is 2.77 bits per heavy atom. The molecule has 1 aromatic heterocycles. The Labute approximate surface area is 253 Å². The van der Waals surface area contributed by atoms with Gasteiger partial charge in [0.15, 0.2) is 0 Å². The van der Waals surface area contributed by atoms with E-state index in [1.54, 1.807) is 12.0 Å². The molecule has 1 amide bonds. The predicted molar refractivity (Wildman–Crippen MR) is 168 cm³/mol. The SMILES string of the molecule is [C-]#[N+]C[C@H]1CN(c2nc(OC[C@@H]3CCCN3C)nc3c2CCN(c2cc(OC)cc4ccccc24)C3)CCN1C(=O)C=C. The van der Waals surface area contributed by atoms with Crippen LogP contribution in [0.4, 0.5) is 11.5 Å². The maximum atomic E-state index is 12.6. The van der Waals surface area contributed by atoms with E-state index < -0.39 is 0 Å². The number of aromatic nitrogens is 2. The monoisotopic (exact) mass is 581 g/mol. The van der Waals surface area contributed by atoms with E-state index in [9.17, 15) is 4.79 Å². The van der Waals surface area contributed by atoms with Crippen LogP contribution < -0.4 is 19.3 Å². The summed E-state index contributed by atoms with van der Waals surface area (Å²) >= 11 is 0. The fourth-order valence-electron chi connectivity index (χ4n) is 6.64. The summed E-state index contributed by atoms with van der Waals surface area (Å²) in [5.41, 5.74) is 3.17. The van der Waals surface area contributed by atoms with Gasteiger partial charge in [-0.1, -0.05) is 30.8 Å². The van der Waals surface area contributed by atoms with Gasteiger partial charge in [-0.25, -0.2) is 6.57 Å². The van der Waals surface area contributed by atoms with Crippen LogP contribution in [0, 0.1) is 6.57 Å². The Morgan fingerprint density at radius 1 is 1.14 bits per heavy atom. The highest BCUT2D eigenvalue weighted by Gasteiger charge is 2.35. The molecule has 3 aliphatic rings. The topological polar surface area (TPSA) is 78.6 Å². The third-order valence-electron chi connectivity index (χ3n) is 9.03. The molecule has 0 saturated carbocycles. The first-order valence-electron chi connectivity index (χ1n) is 15.0. The van der Waals surface area contributed by atoms with Gasteiger partial charge in [-0.05, 0) is 50.4 Å². The number of ether oxygens (including phenoxy) is 2. The fraction of sp³-hybridized carbons (Fsp3) is 0.455. The second kappa shape index (κ2) is 12.5. The lowest BCUT2D eigenvalue weighted by Gasteiger charge is -2.41. The van der Waals surface area contributed by atoms with Crippen LogP contribution in [-0.2, 0) is 17.8 Å². The highest BCUT2D eigenvalue weighted by molar-refractivity contribution is 5.96. The van der Waals surface area contributed by atoms with E-state index in [0.717, 1.165) is 59.8 Å². The summed E-state index contributed by atoms with van der Waals surface area (Å²) in [5.74, 6) is 1.55. The van der Waals surface area contributed by atoms with Crippen LogP contribution in [0.3, 0.4) is 0 Å². The molecule has 0 N–H and O–H groups in total. The van der Waals surface area contributed by atoms with E-state index in [1.165, 1.54) is 17.9 Å². The smallest absolute Gasteiger partial charge is 0.318 e. The Balaban J connectivity index is 1.34. The number of nitrogens with zero attached hydrogens (tertiary/aromatic N) is 7. The molecule has 6 rings (SSSR count). The normalized spacial score (nSPS) is 20.5. The molecule has 2 atom stereocenters. The molecule has 3 aliphatic heterocycles. The minimum Gasteiger partial charge on any atom is -0.497 e. The molecule has 0 aliphatic carbocycles. The number of likely N-dealkylation sites (N-methyl/N-ethyl adjacent to an activating group) is 1. The molecule has 4 heterocycles. The van der Waals surface area contributed by atoms with Gasteiger partial charge < -0.3 is 33.9 Å². The first kappa shape index (κ1) is 28.7. The number of carbonyl (C=O) groups is 1. The Bertz CT molecular complexity index is 1550. The molecule has 10 heteroatoms. The van der Waals surface area contributed by atoms with E-state index in [0.29, 0.717) is 44.8 Å². The minimum atomic E-state index is -0.234. The first-order valence-corrected chi connectivity index (χ1v) is 15.0. The molecule has 224 valence electrons. The lowest BCUT2D eigenvalue weighted by atomic mass is 10.0. The largest absolute Gasteiger partial charge is 0.497 e.